The molecule has 138 valence electrons. The largest absolute Gasteiger partial charge is 0.467 e. The van der Waals surface area contributed by atoms with Crippen LogP contribution in [-0.2, 0) is 19.1 Å². The van der Waals surface area contributed by atoms with Crippen LogP contribution >= 0.6 is 0 Å². The summed E-state index contributed by atoms with van der Waals surface area (Å²) in [6.07, 6.45) is 0.442. The minimum Gasteiger partial charge on any atom is -0.467 e. The van der Waals surface area contributed by atoms with Gasteiger partial charge in [-0.15, -0.1) is 0 Å². The van der Waals surface area contributed by atoms with Crippen molar-refractivity contribution in [2.24, 2.45) is 5.92 Å². The Hall–Kier alpha value is -2.89. The molecule has 6 nitrogen and oxygen atoms in total. The Morgan fingerprint density at radius 3 is 2.38 bits per heavy atom. The molecule has 2 aromatic rings. The van der Waals surface area contributed by atoms with Crippen molar-refractivity contribution in [3.63, 3.8) is 0 Å². The van der Waals surface area contributed by atoms with Crippen molar-refractivity contribution in [2.75, 3.05) is 13.7 Å². The summed E-state index contributed by atoms with van der Waals surface area (Å²) in [6, 6.07) is 12.1. The second-order valence-corrected chi connectivity index (χ2v) is 6.41. The maximum atomic E-state index is 12.2. The predicted molar refractivity (Wildman–Crippen MR) is 97.6 cm³/mol. The lowest BCUT2D eigenvalue weighted by Gasteiger charge is -2.18. The molecular formula is C20H23NO5. The lowest BCUT2D eigenvalue weighted by molar-refractivity contribution is -0.145. The molecule has 0 fully saturated rings. The molecule has 1 amide bonds. The maximum Gasteiger partial charge on any atom is 0.338 e. The molecule has 0 aliphatic carbocycles. The van der Waals surface area contributed by atoms with E-state index >= 15 is 0 Å². The molecular weight excluding hydrogens is 334 g/mol. The molecule has 6 heteroatoms. The van der Waals surface area contributed by atoms with Gasteiger partial charge in [-0.3, -0.25) is 4.79 Å². The molecule has 0 aliphatic heterocycles. The van der Waals surface area contributed by atoms with Crippen molar-refractivity contribution in [1.29, 1.82) is 0 Å². The minimum atomic E-state index is -0.758. The van der Waals surface area contributed by atoms with E-state index in [0.717, 1.165) is 10.8 Å². The van der Waals surface area contributed by atoms with Crippen LogP contribution in [-0.4, -0.2) is 37.6 Å². The highest BCUT2D eigenvalue weighted by Crippen LogP contribution is 2.16. The van der Waals surface area contributed by atoms with Crippen LogP contribution in [0, 0.1) is 5.92 Å². The van der Waals surface area contributed by atoms with Crippen molar-refractivity contribution in [1.82, 2.24) is 5.32 Å². The summed E-state index contributed by atoms with van der Waals surface area (Å²) in [5.74, 6) is -1.47. The number of hydrogen-bond acceptors (Lipinski definition) is 5. The zero-order chi connectivity index (χ0) is 19.1. The summed E-state index contributed by atoms with van der Waals surface area (Å²) in [4.78, 5) is 35.9. The van der Waals surface area contributed by atoms with E-state index in [1.165, 1.54) is 7.11 Å². The van der Waals surface area contributed by atoms with Gasteiger partial charge in [-0.1, -0.05) is 44.2 Å². The van der Waals surface area contributed by atoms with Gasteiger partial charge in [0.05, 0.1) is 12.7 Å². The number of nitrogens with one attached hydrogen (secondary N) is 1. The van der Waals surface area contributed by atoms with Gasteiger partial charge in [0.1, 0.15) is 6.04 Å². The molecule has 0 aliphatic rings. The molecule has 0 saturated heterocycles. The first-order valence-electron chi connectivity index (χ1n) is 8.44. The smallest absolute Gasteiger partial charge is 0.338 e. The van der Waals surface area contributed by atoms with Crippen molar-refractivity contribution < 1.29 is 23.9 Å². The van der Waals surface area contributed by atoms with Crippen molar-refractivity contribution >= 4 is 28.6 Å². The molecule has 0 saturated carbocycles. The number of benzene rings is 2. The SMILES string of the molecule is COC(=O)[C@H](CC(C)C)NC(=O)COC(=O)c1ccc2ccccc2c1. The molecule has 1 atom stereocenters. The van der Waals surface area contributed by atoms with Crippen LogP contribution in [0.4, 0.5) is 0 Å². The van der Waals surface area contributed by atoms with Crippen LogP contribution in [0.5, 0.6) is 0 Å². The van der Waals surface area contributed by atoms with Crippen molar-refractivity contribution in [3.8, 4) is 0 Å². The van der Waals surface area contributed by atoms with Gasteiger partial charge in [0.15, 0.2) is 6.61 Å². The quantitative estimate of drug-likeness (QED) is 0.771. The Balaban J connectivity index is 1.94. The number of esters is 2. The Labute approximate surface area is 152 Å². The van der Waals surface area contributed by atoms with Crippen LogP contribution in [0.15, 0.2) is 42.5 Å². The summed E-state index contributed by atoms with van der Waals surface area (Å²) in [6.45, 7) is 3.40. The number of ether oxygens (including phenoxy) is 2. The van der Waals surface area contributed by atoms with Crippen molar-refractivity contribution in [2.45, 2.75) is 26.3 Å². The number of methoxy groups -OCH3 is 1. The molecule has 2 rings (SSSR count). The van der Waals surface area contributed by atoms with Crippen LogP contribution < -0.4 is 5.32 Å². The first kappa shape index (κ1) is 19.4. The minimum absolute atomic E-state index is 0.194. The summed E-state index contributed by atoms with van der Waals surface area (Å²) < 4.78 is 9.74. The standard InChI is InChI=1S/C20H23NO5/c1-13(2)10-17(20(24)25-3)21-18(22)12-26-19(23)16-9-8-14-6-4-5-7-15(14)11-16/h4-9,11,13,17H,10,12H2,1-3H3,(H,21,22)/t17-/m0/s1. The molecule has 0 heterocycles. The van der Waals surface area contributed by atoms with Crippen LogP contribution in [0.3, 0.4) is 0 Å². The second-order valence-electron chi connectivity index (χ2n) is 6.41. The van der Waals surface area contributed by atoms with E-state index in [9.17, 15) is 14.4 Å². The maximum absolute atomic E-state index is 12.2. The van der Waals surface area contributed by atoms with Gasteiger partial charge < -0.3 is 14.8 Å². The fourth-order valence-electron chi connectivity index (χ4n) is 2.59. The monoisotopic (exact) mass is 357 g/mol. The van der Waals surface area contributed by atoms with Crippen LogP contribution in [0.1, 0.15) is 30.6 Å². The number of carbonyl (C=O) groups is 3. The third-order valence-electron chi connectivity index (χ3n) is 3.85. The van der Waals surface area contributed by atoms with Crippen LogP contribution in [0.25, 0.3) is 10.8 Å². The van der Waals surface area contributed by atoms with E-state index in [1.54, 1.807) is 12.1 Å². The third-order valence-corrected chi connectivity index (χ3v) is 3.85. The first-order valence-corrected chi connectivity index (χ1v) is 8.44. The average molecular weight is 357 g/mol. The third kappa shape index (κ3) is 5.31. The highest BCUT2D eigenvalue weighted by atomic mass is 16.5. The van der Waals surface area contributed by atoms with E-state index in [-0.39, 0.29) is 5.92 Å². The van der Waals surface area contributed by atoms with Gasteiger partial charge in [0, 0.05) is 0 Å². The van der Waals surface area contributed by atoms with E-state index < -0.39 is 30.5 Å². The highest BCUT2D eigenvalue weighted by molar-refractivity contribution is 5.96. The number of carbonyl (C=O) groups excluding carboxylic acids is 3. The van der Waals surface area contributed by atoms with E-state index in [1.807, 2.05) is 44.2 Å². The average Bonchev–Trinajstić information content (AvgIpc) is 2.64. The number of hydrogen-bond donors (Lipinski definition) is 1. The Morgan fingerprint density at radius 1 is 1.04 bits per heavy atom. The van der Waals surface area contributed by atoms with E-state index in [4.69, 9.17) is 4.74 Å². The van der Waals surface area contributed by atoms with E-state index in [0.29, 0.717) is 12.0 Å². The molecule has 0 spiro atoms. The fraction of sp³-hybridized carbons (Fsp3) is 0.350. The van der Waals surface area contributed by atoms with Gasteiger partial charge >= 0.3 is 11.9 Å². The van der Waals surface area contributed by atoms with Gasteiger partial charge in [0.25, 0.3) is 5.91 Å². The zero-order valence-electron chi connectivity index (χ0n) is 15.2. The normalized spacial score (nSPS) is 11.8. The Morgan fingerprint density at radius 2 is 1.73 bits per heavy atom. The fourth-order valence-corrected chi connectivity index (χ4v) is 2.59. The lowest BCUT2D eigenvalue weighted by atomic mass is 10.0. The van der Waals surface area contributed by atoms with Crippen molar-refractivity contribution in [3.05, 3.63) is 48.0 Å². The molecule has 26 heavy (non-hydrogen) atoms. The molecule has 1 N–H and O–H groups in total. The predicted octanol–water partition coefficient (Wildman–Crippen LogP) is 2.70. The van der Waals surface area contributed by atoms with Gasteiger partial charge in [-0.25, -0.2) is 9.59 Å². The van der Waals surface area contributed by atoms with Gasteiger partial charge in [0.2, 0.25) is 0 Å². The lowest BCUT2D eigenvalue weighted by Crippen LogP contribution is -2.44. The molecule has 0 unspecified atom stereocenters. The topological polar surface area (TPSA) is 81.7 Å². The summed E-state index contributed by atoms with van der Waals surface area (Å²) in [7, 11) is 1.27. The number of rotatable bonds is 7. The first-order chi connectivity index (χ1) is 12.4. The van der Waals surface area contributed by atoms with Crippen LogP contribution in [0.2, 0.25) is 0 Å². The summed E-state index contributed by atoms with van der Waals surface area (Å²) in [5, 5.41) is 4.47. The zero-order valence-corrected chi connectivity index (χ0v) is 15.2. The van der Waals surface area contributed by atoms with E-state index in [2.05, 4.69) is 10.1 Å². The number of amides is 1. The number of fused-ring (bicyclic) bond motifs is 1. The summed E-state index contributed by atoms with van der Waals surface area (Å²) >= 11 is 0. The van der Waals surface area contributed by atoms with Gasteiger partial charge in [-0.05, 0) is 35.2 Å². The molecule has 0 bridgehead atoms. The molecule has 2 aromatic carbocycles. The Kier molecular flexibility index (Phi) is 6.72. The van der Waals surface area contributed by atoms with Gasteiger partial charge in [-0.2, -0.15) is 0 Å². The highest BCUT2D eigenvalue weighted by Gasteiger charge is 2.23. The summed E-state index contributed by atoms with van der Waals surface area (Å²) in [5.41, 5.74) is 0.364. The molecule has 0 radical (unpaired) electrons. The second kappa shape index (κ2) is 8.99. The Bertz CT molecular complexity index is 800. The molecule has 0 aromatic heterocycles.